The highest BCUT2D eigenvalue weighted by Crippen LogP contribution is 2.40. The number of carbonyl (C=O) groups excluding carboxylic acids is 1. The summed E-state index contributed by atoms with van der Waals surface area (Å²) in [6.45, 7) is 4.25. The quantitative estimate of drug-likeness (QED) is 0.590. The smallest absolute Gasteiger partial charge is 0.338 e. The van der Waals surface area contributed by atoms with Crippen molar-refractivity contribution in [1.29, 1.82) is 0 Å². The van der Waals surface area contributed by atoms with E-state index in [0.29, 0.717) is 35.3 Å². The molecule has 27 heavy (non-hydrogen) atoms. The van der Waals surface area contributed by atoms with Crippen LogP contribution >= 0.6 is 0 Å². The van der Waals surface area contributed by atoms with Crippen LogP contribution in [-0.4, -0.2) is 41.6 Å². The Morgan fingerprint density at radius 1 is 1.30 bits per heavy atom. The fraction of sp³-hybridized carbons (Fsp3) is 0.421. The minimum atomic E-state index is -0.539. The zero-order chi connectivity index (χ0) is 19.4. The van der Waals surface area contributed by atoms with Crippen LogP contribution in [0.25, 0.3) is 0 Å². The largest absolute Gasteiger partial charge is 0.497 e. The number of nitrogens with one attached hydrogen (secondary N) is 1. The minimum Gasteiger partial charge on any atom is -0.497 e. The van der Waals surface area contributed by atoms with Gasteiger partial charge in [0.2, 0.25) is 5.95 Å². The number of anilines is 1. The highest BCUT2D eigenvalue weighted by Gasteiger charge is 2.36. The lowest BCUT2D eigenvalue weighted by molar-refractivity contribution is -0.139. The number of allylic oxidation sites excluding steroid dienone is 1. The normalized spacial score (nSPS) is 15.8. The Balaban J connectivity index is 2.10. The van der Waals surface area contributed by atoms with Gasteiger partial charge in [0.25, 0.3) is 0 Å². The molecule has 0 unspecified atom stereocenters. The lowest BCUT2D eigenvalue weighted by Gasteiger charge is -2.29. The summed E-state index contributed by atoms with van der Waals surface area (Å²) in [7, 11) is 3.18. The molecular formula is C19H24N4O4. The third-order valence-corrected chi connectivity index (χ3v) is 4.48. The second-order valence-electron chi connectivity index (χ2n) is 6.19. The highest BCUT2D eigenvalue weighted by molar-refractivity contribution is 5.92. The first-order valence-corrected chi connectivity index (χ1v) is 8.87. The molecule has 0 amide bonds. The van der Waals surface area contributed by atoms with E-state index in [2.05, 4.69) is 15.4 Å². The van der Waals surface area contributed by atoms with E-state index < -0.39 is 6.04 Å². The maximum atomic E-state index is 12.9. The number of hydrogen-bond donors (Lipinski definition) is 1. The van der Waals surface area contributed by atoms with E-state index in [1.165, 1.54) is 6.33 Å². The molecular weight excluding hydrogens is 348 g/mol. The summed E-state index contributed by atoms with van der Waals surface area (Å²) in [5.74, 6) is 1.44. The first-order chi connectivity index (χ1) is 13.1. The highest BCUT2D eigenvalue weighted by atomic mass is 16.5. The Morgan fingerprint density at radius 3 is 2.81 bits per heavy atom. The minimum absolute atomic E-state index is 0.373. The van der Waals surface area contributed by atoms with Crippen LogP contribution in [0.1, 0.15) is 38.3 Å². The zero-order valence-electron chi connectivity index (χ0n) is 16.0. The third kappa shape index (κ3) is 3.60. The SMILES string of the molecule is CCCCOC(=O)C1=C(C)Nc2ncnn2[C@H]1c1cc(OC)ccc1OC. The maximum absolute atomic E-state index is 12.9. The molecule has 1 aromatic carbocycles. The Labute approximate surface area is 158 Å². The van der Waals surface area contributed by atoms with Crippen LogP contribution in [0.2, 0.25) is 0 Å². The first kappa shape index (κ1) is 18.8. The Hall–Kier alpha value is -3.03. The summed E-state index contributed by atoms with van der Waals surface area (Å²) >= 11 is 0. The molecule has 1 atom stereocenters. The van der Waals surface area contributed by atoms with Crippen molar-refractivity contribution < 1.29 is 19.0 Å². The molecule has 0 saturated heterocycles. The van der Waals surface area contributed by atoms with Gasteiger partial charge < -0.3 is 19.5 Å². The van der Waals surface area contributed by atoms with Gasteiger partial charge in [-0.15, -0.1) is 0 Å². The van der Waals surface area contributed by atoms with Crippen molar-refractivity contribution in [2.24, 2.45) is 0 Å². The molecule has 0 fully saturated rings. The van der Waals surface area contributed by atoms with E-state index >= 15 is 0 Å². The second kappa shape index (κ2) is 8.11. The molecule has 0 radical (unpaired) electrons. The van der Waals surface area contributed by atoms with Gasteiger partial charge in [-0.3, -0.25) is 0 Å². The van der Waals surface area contributed by atoms with Gasteiger partial charge in [-0.1, -0.05) is 13.3 Å². The van der Waals surface area contributed by atoms with Crippen LogP contribution < -0.4 is 14.8 Å². The van der Waals surface area contributed by atoms with Crippen molar-refractivity contribution in [2.75, 3.05) is 26.1 Å². The molecule has 0 saturated carbocycles. The van der Waals surface area contributed by atoms with Gasteiger partial charge in [0.15, 0.2) is 0 Å². The number of rotatable bonds is 7. The molecule has 3 rings (SSSR count). The van der Waals surface area contributed by atoms with Crippen LogP contribution in [0.4, 0.5) is 5.95 Å². The topological polar surface area (TPSA) is 87.5 Å². The maximum Gasteiger partial charge on any atom is 0.338 e. The molecule has 8 heteroatoms. The summed E-state index contributed by atoms with van der Waals surface area (Å²) in [5.41, 5.74) is 1.88. The molecule has 2 heterocycles. The molecule has 1 aliphatic heterocycles. The summed E-state index contributed by atoms with van der Waals surface area (Å²) in [6.07, 6.45) is 3.21. The third-order valence-electron chi connectivity index (χ3n) is 4.48. The van der Waals surface area contributed by atoms with E-state index in [1.807, 2.05) is 32.0 Å². The summed E-state index contributed by atoms with van der Waals surface area (Å²) in [6, 6.07) is 4.92. The Morgan fingerprint density at radius 2 is 2.11 bits per heavy atom. The average molecular weight is 372 g/mol. The Kier molecular flexibility index (Phi) is 5.63. The van der Waals surface area contributed by atoms with Gasteiger partial charge >= 0.3 is 5.97 Å². The number of nitrogens with zero attached hydrogens (tertiary/aromatic N) is 3. The van der Waals surface area contributed by atoms with Crippen LogP contribution in [0, 0.1) is 0 Å². The van der Waals surface area contributed by atoms with E-state index in [1.54, 1.807) is 18.9 Å². The van der Waals surface area contributed by atoms with Gasteiger partial charge in [-0.05, 0) is 31.5 Å². The number of ether oxygens (including phenoxy) is 3. The monoisotopic (exact) mass is 372 g/mol. The average Bonchev–Trinajstić information content (AvgIpc) is 3.14. The lowest BCUT2D eigenvalue weighted by atomic mass is 9.94. The number of hydrogen-bond acceptors (Lipinski definition) is 7. The molecule has 144 valence electrons. The van der Waals surface area contributed by atoms with Gasteiger partial charge in [-0.25, -0.2) is 9.48 Å². The lowest BCUT2D eigenvalue weighted by Crippen LogP contribution is -2.30. The molecule has 1 aromatic heterocycles. The molecule has 0 bridgehead atoms. The van der Waals surface area contributed by atoms with E-state index in [-0.39, 0.29) is 5.97 Å². The standard InChI is InChI=1S/C19H24N4O4/c1-5-6-9-27-18(24)16-12(2)22-19-20-11-21-23(19)17(16)14-10-13(25-3)7-8-15(14)26-4/h7-8,10-11,17H,5-6,9H2,1-4H3,(H,20,21,22)/t17-/m0/s1. The molecule has 0 aliphatic carbocycles. The first-order valence-electron chi connectivity index (χ1n) is 8.87. The number of unbranched alkanes of at least 4 members (excludes halogenated alkanes) is 1. The summed E-state index contributed by atoms with van der Waals surface area (Å²) in [4.78, 5) is 17.1. The number of benzene rings is 1. The molecule has 0 spiro atoms. The van der Waals surface area contributed by atoms with Gasteiger partial charge in [0, 0.05) is 11.3 Å². The second-order valence-corrected chi connectivity index (χ2v) is 6.19. The number of esters is 1. The van der Waals surface area contributed by atoms with Crippen LogP contribution in [0.15, 0.2) is 35.8 Å². The van der Waals surface area contributed by atoms with Gasteiger partial charge in [0.05, 0.1) is 26.4 Å². The zero-order valence-corrected chi connectivity index (χ0v) is 16.0. The van der Waals surface area contributed by atoms with Crippen LogP contribution in [-0.2, 0) is 9.53 Å². The van der Waals surface area contributed by atoms with E-state index in [0.717, 1.165) is 18.4 Å². The van der Waals surface area contributed by atoms with Crippen LogP contribution in [0.3, 0.4) is 0 Å². The van der Waals surface area contributed by atoms with Gasteiger partial charge in [0.1, 0.15) is 23.9 Å². The Bertz CT molecular complexity index is 859. The van der Waals surface area contributed by atoms with E-state index in [4.69, 9.17) is 14.2 Å². The molecule has 2 aromatic rings. The number of aromatic nitrogens is 3. The number of fused-ring (bicyclic) bond motifs is 1. The molecule has 8 nitrogen and oxygen atoms in total. The molecule has 1 N–H and O–H groups in total. The van der Waals surface area contributed by atoms with Crippen molar-refractivity contribution in [3.8, 4) is 11.5 Å². The van der Waals surface area contributed by atoms with Crippen molar-refractivity contribution in [3.63, 3.8) is 0 Å². The number of methoxy groups -OCH3 is 2. The van der Waals surface area contributed by atoms with Crippen molar-refractivity contribution in [2.45, 2.75) is 32.7 Å². The van der Waals surface area contributed by atoms with Gasteiger partial charge in [-0.2, -0.15) is 10.1 Å². The molecule has 1 aliphatic rings. The van der Waals surface area contributed by atoms with Crippen molar-refractivity contribution in [3.05, 3.63) is 41.4 Å². The fourth-order valence-corrected chi connectivity index (χ4v) is 3.08. The predicted octanol–water partition coefficient (Wildman–Crippen LogP) is 2.93. The van der Waals surface area contributed by atoms with Crippen molar-refractivity contribution >= 4 is 11.9 Å². The van der Waals surface area contributed by atoms with Crippen LogP contribution in [0.5, 0.6) is 11.5 Å². The van der Waals surface area contributed by atoms with Crippen molar-refractivity contribution in [1.82, 2.24) is 14.8 Å². The summed E-state index contributed by atoms with van der Waals surface area (Å²) in [5, 5.41) is 7.44. The summed E-state index contributed by atoms with van der Waals surface area (Å²) < 4.78 is 18.1. The van der Waals surface area contributed by atoms with E-state index in [9.17, 15) is 4.79 Å². The fourth-order valence-electron chi connectivity index (χ4n) is 3.08. The number of carbonyl (C=O) groups is 1. The predicted molar refractivity (Wildman–Crippen MR) is 99.9 cm³/mol.